The summed E-state index contributed by atoms with van der Waals surface area (Å²) in [5.41, 5.74) is 0. The molecule has 1 unspecified atom stereocenters. The maximum absolute atomic E-state index is 12.6. The zero-order valence-electron chi connectivity index (χ0n) is 36.4. The number of unbranched alkanes of at least 4 members (excludes halogenated alkanes) is 14. The van der Waals surface area contributed by atoms with Gasteiger partial charge in [-0.05, 0) is 64.2 Å². The Balaban J connectivity index is 4.67. The van der Waals surface area contributed by atoms with Gasteiger partial charge in [-0.1, -0.05) is 145 Å². The molecule has 0 aliphatic heterocycles. The zero-order valence-corrected chi connectivity index (χ0v) is 38.2. The molecular formula is C44H78O14P2. The maximum Gasteiger partial charge on any atom is 0.472 e. The summed E-state index contributed by atoms with van der Waals surface area (Å²) in [6.07, 6.45) is 38.3. The first kappa shape index (κ1) is 57.8. The average Bonchev–Trinajstić information content (AvgIpc) is 3.20. The van der Waals surface area contributed by atoms with Gasteiger partial charge in [-0.2, -0.15) is 0 Å². The number of phosphoric ester groups is 2. The van der Waals surface area contributed by atoms with Crippen molar-refractivity contribution in [1.82, 2.24) is 0 Å². The van der Waals surface area contributed by atoms with Crippen LogP contribution in [0, 0.1) is 0 Å². The minimum absolute atomic E-state index is 0.0319. The van der Waals surface area contributed by atoms with E-state index in [2.05, 4.69) is 35.0 Å². The maximum atomic E-state index is 12.6. The molecule has 0 aromatic rings. The van der Waals surface area contributed by atoms with Gasteiger partial charge in [-0.3, -0.25) is 23.2 Å². The standard InChI is InChI=1S/C44H78O14P2/c1-3-5-7-8-9-10-11-12-13-14-17-20-23-26-30-34-43(47)54-38-42(39-57-60(52,53)56-37-41(46)36-55-59(49,50)51)58-44(48)35-31-27-24-21-18-15-16-19-22-25-29-33-40(45)32-28-6-4-2/h12-13,15-16,21-22,24-25,29,33,40-42,45-46H,3-11,14,17-20,23,26-28,30-32,34-39H2,1-2H3,(H,52,53)(H2,49,50,51)/b13-12-,16-15-,24-21-,25-22-,33-29+/t40-,41-,42+/m0/s1. The number of allylic oxidation sites excluding steroid dienone is 9. The first-order valence-corrected chi connectivity index (χ1v) is 25.1. The molecule has 0 saturated heterocycles. The molecule has 14 nitrogen and oxygen atoms in total. The first-order valence-electron chi connectivity index (χ1n) is 22.1. The third-order valence-electron chi connectivity index (χ3n) is 8.97. The molecule has 0 aromatic heterocycles. The Bertz CT molecular complexity index is 1310. The summed E-state index contributed by atoms with van der Waals surface area (Å²) in [4.78, 5) is 52.7. The number of carbonyl (C=O) groups is 2. The van der Waals surface area contributed by atoms with Crippen LogP contribution in [0.5, 0.6) is 0 Å². The lowest BCUT2D eigenvalue weighted by molar-refractivity contribution is -0.161. The summed E-state index contributed by atoms with van der Waals surface area (Å²) < 4.78 is 47.7. The lowest BCUT2D eigenvalue weighted by atomic mass is 10.1. The van der Waals surface area contributed by atoms with Crippen LogP contribution in [0.2, 0.25) is 0 Å². The van der Waals surface area contributed by atoms with Crippen LogP contribution in [0.25, 0.3) is 0 Å². The van der Waals surface area contributed by atoms with Gasteiger partial charge in [-0.25, -0.2) is 9.13 Å². The fourth-order valence-electron chi connectivity index (χ4n) is 5.56. The third-order valence-corrected chi connectivity index (χ3v) is 10.4. The highest BCUT2D eigenvalue weighted by molar-refractivity contribution is 7.47. The van der Waals surface area contributed by atoms with Crippen molar-refractivity contribution in [3.63, 3.8) is 0 Å². The van der Waals surface area contributed by atoms with E-state index in [1.165, 1.54) is 38.5 Å². The molecule has 0 aliphatic rings. The topological polar surface area (TPSA) is 216 Å². The molecule has 0 aliphatic carbocycles. The molecule has 0 rings (SSSR count). The van der Waals surface area contributed by atoms with Gasteiger partial charge in [0, 0.05) is 12.8 Å². The van der Waals surface area contributed by atoms with E-state index in [1.54, 1.807) is 6.08 Å². The quantitative estimate of drug-likeness (QED) is 0.0127. The van der Waals surface area contributed by atoms with Gasteiger partial charge in [0.25, 0.3) is 0 Å². The van der Waals surface area contributed by atoms with E-state index in [-0.39, 0.29) is 12.8 Å². The zero-order chi connectivity index (χ0) is 44.6. The number of phosphoric acid groups is 2. The fourth-order valence-corrected chi connectivity index (χ4v) is 6.72. The predicted octanol–water partition coefficient (Wildman–Crippen LogP) is 10.2. The summed E-state index contributed by atoms with van der Waals surface area (Å²) in [5.74, 6) is -1.14. The summed E-state index contributed by atoms with van der Waals surface area (Å²) in [7, 11) is -9.71. The number of esters is 2. The molecule has 5 N–H and O–H groups in total. The van der Waals surface area contributed by atoms with Crippen LogP contribution in [0.15, 0.2) is 60.8 Å². The van der Waals surface area contributed by atoms with E-state index in [1.807, 2.05) is 42.5 Å². The smallest absolute Gasteiger partial charge is 0.462 e. The Morgan fingerprint density at radius 3 is 1.73 bits per heavy atom. The first-order chi connectivity index (χ1) is 28.8. The van der Waals surface area contributed by atoms with Crippen LogP contribution >= 0.6 is 15.6 Å². The average molecular weight is 893 g/mol. The fraction of sp³-hybridized carbons (Fsp3) is 0.727. The van der Waals surface area contributed by atoms with Crippen molar-refractivity contribution in [2.45, 2.75) is 180 Å². The second-order valence-corrected chi connectivity index (χ2v) is 17.5. The lowest BCUT2D eigenvalue weighted by Gasteiger charge is -2.20. The second-order valence-electron chi connectivity index (χ2n) is 14.8. The summed E-state index contributed by atoms with van der Waals surface area (Å²) in [6.45, 7) is 1.54. The Kier molecular flexibility index (Phi) is 38.1. The van der Waals surface area contributed by atoms with Crippen molar-refractivity contribution >= 4 is 27.6 Å². The molecule has 60 heavy (non-hydrogen) atoms. The molecule has 4 atom stereocenters. The van der Waals surface area contributed by atoms with Gasteiger partial charge in [0.15, 0.2) is 6.10 Å². The van der Waals surface area contributed by atoms with Gasteiger partial charge in [0.1, 0.15) is 12.7 Å². The largest absolute Gasteiger partial charge is 0.472 e. The van der Waals surface area contributed by atoms with Gasteiger partial charge in [0.2, 0.25) is 0 Å². The van der Waals surface area contributed by atoms with Crippen molar-refractivity contribution in [2.24, 2.45) is 0 Å². The van der Waals surface area contributed by atoms with E-state index < -0.39 is 72.3 Å². The number of hydrogen-bond donors (Lipinski definition) is 5. The normalized spacial score (nSPS) is 15.1. The van der Waals surface area contributed by atoms with Crippen LogP contribution in [0.3, 0.4) is 0 Å². The van der Waals surface area contributed by atoms with Gasteiger partial charge < -0.3 is 34.4 Å². The molecule has 0 radical (unpaired) electrons. The second kappa shape index (κ2) is 39.6. The SMILES string of the molecule is CCCCCCCC/C=C\CCCCCCCC(=O)OC[C@H](COP(=O)(O)OC[C@@H](O)COP(=O)(O)O)OC(=O)CCC/C=C\C/C=C\C/C=C\C=C\[C@@H](O)CCCCC. The Labute approximate surface area is 360 Å². The Morgan fingerprint density at radius 2 is 1.07 bits per heavy atom. The molecule has 0 amide bonds. The number of rotatable bonds is 41. The van der Waals surface area contributed by atoms with Gasteiger partial charge in [-0.15, -0.1) is 0 Å². The molecule has 0 bridgehead atoms. The summed E-state index contributed by atoms with van der Waals surface area (Å²) in [5, 5.41) is 19.6. The molecule has 16 heteroatoms. The minimum atomic E-state index is -4.88. The van der Waals surface area contributed by atoms with E-state index in [4.69, 9.17) is 23.8 Å². The highest BCUT2D eigenvalue weighted by atomic mass is 31.2. The van der Waals surface area contributed by atoms with Gasteiger partial charge >= 0.3 is 27.6 Å². The monoisotopic (exact) mass is 892 g/mol. The minimum Gasteiger partial charge on any atom is -0.462 e. The third kappa shape index (κ3) is 42.5. The van der Waals surface area contributed by atoms with Crippen LogP contribution < -0.4 is 0 Å². The van der Waals surface area contributed by atoms with Crippen LogP contribution in [-0.2, 0) is 41.8 Å². The Hall–Kier alpha value is -2.22. The number of hydrogen-bond acceptors (Lipinski definition) is 11. The van der Waals surface area contributed by atoms with Crippen LogP contribution in [-0.4, -0.2) is 81.6 Å². The number of aliphatic hydroxyl groups excluding tert-OH is 2. The van der Waals surface area contributed by atoms with Crippen LogP contribution in [0.1, 0.15) is 162 Å². The van der Waals surface area contributed by atoms with Crippen molar-refractivity contribution < 1.29 is 66.7 Å². The van der Waals surface area contributed by atoms with Crippen LogP contribution in [0.4, 0.5) is 0 Å². The predicted molar refractivity (Wildman–Crippen MR) is 236 cm³/mol. The van der Waals surface area contributed by atoms with Crippen molar-refractivity contribution in [3.8, 4) is 0 Å². The molecule has 0 aromatic carbocycles. The highest BCUT2D eigenvalue weighted by Crippen LogP contribution is 2.43. The van der Waals surface area contributed by atoms with Crippen molar-refractivity contribution in [1.29, 1.82) is 0 Å². The molecule has 348 valence electrons. The molecule has 0 heterocycles. The number of carbonyl (C=O) groups excluding carboxylic acids is 2. The van der Waals surface area contributed by atoms with Crippen molar-refractivity contribution in [3.05, 3.63) is 60.8 Å². The Morgan fingerprint density at radius 1 is 0.550 bits per heavy atom. The molecular weight excluding hydrogens is 814 g/mol. The van der Waals surface area contributed by atoms with Gasteiger partial charge in [0.05, 0.1) is 25.9 Å². The van der Waals surface area contributed by atoms with E-state index in [0.717, 1.165) is 77.0 Å². The summed E-state index contributed by atoms with van der Waals surface area (Å²) >= 11 is 0. The highest BCUT2D eigenvalue weighted by Gasteiger charge is 2.28. The number of aliphatic hydroxyl groups is 2. The number of ether oxygens (including phenoxy) is 2. The van der Waals surface area contributed by atoms with E-state index in [9.17, 15) is 33.8 Å². The van der Waals surface area contributed by atoms with Crippen molar-refractivity contribution in [2.75, 3.05) is 26.4 Å². The molecule has 0 saturated carbocycles. The molecule has 0 spiro atoms. The lowest BCUT2D eigenvalue weighted by Crippen LogP contribution is -2.29. The molecule has 0 fully saturated rings. The summed E-state index contributed by atoms with van der Waals surface area (Å²) in [6, 6.07) is 0. The van der Waals surface area contributed by atoms with E-state index in [0.29, 0.717) is 19.3 Å². The van der Waals surface area contributed by atoms with E-state index >= 15 is 0 Å².